The van der Waals surface area contributed by atoms with Crippen molar-refractivity contribution in [2.24, 2.45) is 11.8 Å². The van der Waals surface area contributed by atoms with Gasteiger partial charge >= 0.3 is 0 Å². The molecule has 0 radical (unpaired) electrons. The lowest BCUT2D eigenvalue weighted by Crippen LogP contribution is -2.46. The van der Waals surface area contributed by atoms with Crippen molar-refractivity contribution >= 4 is 18.1 Å². The summed E-state index contributed by atoms with van der Waals surface area (Å²) in [4.78, 5) is 42.1. The van der Waals surface area contributed by atoms with Crippen LogP contribution in [0.4, 0.5) is 0 Å². The number of likely N-dealkylation sites (tertiary alicyclic amines) is 2. The van der Waals surface area contributed by atoms with Gasteiger partial charge in [-0.25, -0.2) is 0 Å². The molecule has 3 aliphatic heterocycles. The first kappa shape index (κ1) is 73.4. The summed E-state index contributed by atoms with van der Waals surface area (Å²) in [5.41, 5.74) is 5.75. The normalized spacial score (nSPS) is 15.2. The van der Waals surface area contributed by atoms with E-state index in [1.54, 1.807) is 45.6 Å². The number of epoxide rings is 1. The third kappa shape index (κ3) is 25.8. The molecule has 3 saturated heterocycles. The maximum Gasteiger partial charge on any atom is 0.223 e. The van der Waals surface area contributed by atoms with Crippen molar-refractivity contribution in [3.63, 3.8) is 0 Å². The number of piperidine rings is 2. The van der Waals surface area contributed by atoms with Gasteiger partial charge in [-0.2, -0.15) is 0 Å². The van der Waals surface area contributed by atoms with Crippen molar-refractivity contribution in [1.82, 2.24) is 20.4 Å². The summed E-state index contributed by atoms with van der Waals surface area (Å²) in [5, 5.41) is 17.5. The van der Waals surface area contributed by atoms with E-state index in [4.69, 9.17) is 37.9 Å². The number of carbonyl (C=O) groups is 3. The van der Waals surface area contributed by atoms with Crippen LogP contribution in [0.25, 0.3) is 0 Å². The lowest BCUT2D eigenvalue weighted by Gasteiger charge is -2.33. The van der Waals surface area contributed by atoms with Crippen LogP contribution in [0.1, 0.15) is 117 Å². The molecule has 0 spiro atoms. The van der Waals surface area contributed by atoms with E-state index in [0.717, 1.165) is 136 Å². The maximum absolute atomic E-state index is 13.4. The SMILES string of the molecule is C.CN1CCC(C(=O)NC(CCCc2ccccc2)CCCc2ccccc2)CC1.COc1cc(OCC(O)CN2CCC(C(=O)NC(CCCc3ccccc3)CCCc3ccccc3)CC2)cc(OC)c1C=O.COc1cc(OC[C@H]2CO2)cc(OC)c1OC. The van der Waals surface area contributed by atoms with Crippen LogP contribution in [0, 0.1) is 11.8 Å². The predicted molar refractivity (Wildman–Crippen MR) is 365 cm³/mol. The Morgan fingerprint density at radius 1 is 0.543 bits per heavy atom. The number of nitrogens with zero attached hydrogens (tertiary/aromatic N) is 2. The van der Waals surface area contributed by atoms with E-state index in [2.05, 4.69) is 137 Å². The summed E-state index contributed by atoms with van der Waals surface area (Å²) in [5.74, 6) is 4.16. The van der Waals surface area contributed by atoms with Crippen molar-refractivity contribution in [1.29, 1.82) is 0 Å². The van der Waals surface area contributed by atoms with E-state index in [0.29, 0.717) is 65.2 Å². The average Bonchev–Trinajstić information content (AvgIpc) is 1.46. The molecule has 0 aliphatic carbocycles. The summed E-state index contributed by atoms with van der Waals surface area (Å²) >= 11 is 0. The third-order valence-electron chi connectivity index (χ3n) is 17.2. The van der Waals surface area contributed by atoms with E-state index in [9.17, 15) is 19.5 Å². The molecule has 0 saturated carbocycles. The topological polar surface area (TPSA) is 179 Å². The van der Waals surface area contributed by atoms with E-state index >= 15 is 0 Å². The van der Waals surface area contributed by atoms with Crippen LogP contribution in [0.2, 0.25) is 0 Å². The number of aldehydes is 1. The summed E-state index contributed by atoms with van der Waals surface area (Å²) in [6.07, 6.45) is 16.3. The monoisotopic (exact) mass is 1260 g/mol. The van der Waals surface area contributed by atoms with Crippen molar-refractivity contribution < 1.29 is 57.4 Å². The first-order valence-corrected chi connectivity index (χ1v) is 32.7. The number of methoxy groups -OCH3 is 5. The maximum atomic E-state index is 13.4. The zero-order chi connectivity index (χ0) is 64.4. The van der Waals surface area contributed by atoms with E-state index in [1.165, 1.54) is 36.5 Å². The molecule has 2 atom stereocenters. The lowest BCUT2D eigenvalue weighted by atomic mass is 9.94. The second-order valence-electron chi connectivity index (χ2n) is 24.0. The number of nitrogens with one attached hydrogen (secondary N) is 2. The van der Waals surface area contributed by atoms with Crippen molar-refractivity contribution in [3.8, 4) is 40.2 Å². The fourth-order valence-corrected chi connectivity index (χ4v) is 11.8. The molecular weight excluding hydrogens is 1160 g/mol. The molecular formula is C76H104N4O12. The summed E-state index contributed by atoms with van der Waals surface area (Å²) in [6, 6.07) is 49.6. The first-order valence-electron chi connectivity index (χ1n) is 32.7. The summed E-state index contributed by atoms with van der Waals surface area (Å²) in [7, 11) is 9.81. The second-order valence-corrected chi connectivity index (χ2v) is 24.0. The fourth-order valence-electron chi connectivity index (χ4n) is 11.8. The number of amides is 2. The van der Waals surface area contributed by atoms with Gasteiger partial charge in [0.15, 0.2) is 17.8 Å². The molecule has 2 amide bonds. The fraction of sp³-hybridized carbons (Fsp3) is 0.487. The van der Waals surface area contributed by atoms with Gasteiger partial charge in [-0.05, 0) is 158 Å². The number of benzene rings is 6. The van der Waals surface area contributed by atoms with E-state index < -0.39 is 6.10 Å². The number of aryl methyl sites for hydroxylation is 4. The Balaban J connectivity index is 0.000000243. The van der Waals surface area contributed by atoms with Gasteiger partial charge in [0.2, 0.25) is 17.6 Å². The highest BCUT2D eigenvalue weighted by Crippen LogP contribution is 2.41. The van der Waals surface area contributed by atoms with Crippen LogP contribution in [0.15, 0.2) is 146 Å². The van der Waals surface area contributed by atoms with Crippen molar-refractivity contribution in [2.45, 2.75) is 134 Å². The molecule has 16 heteroatoms. The number of carbonyl (C=O) groups excluding carboxylic acids is 3. The highest BCUT2D eigenvalue weighted by atomic mass is 16.6. The van der Waals surface area contributed by atoms with Crippen molar-refractivity contribution in [2.75, 3.05) is 95.1 Å². The van der Waals surface area contributed by atoms with Gasteiger partial charge in [-0.1, -0.05) is 129 Å². The number of hydrogen-bond donors (Lipinski definition) is 3. The van der Waals surface area contributed by atoms with Gasteiger partial charge in [0.05, 0.1) is 47.7 Å². The second kappa shape index (κ2) is 41.1. The van der Waals surface area contributed by atoms with Crippen LogP contribution >= 0.6 is 0 Å². The zero-order valence-corrected chi connectivity index (χ0v) is 54.7. The number of aliphatic hydroxyl groups excluding tert-OH is 1. The Bertz CT molecular complexity index is 2870. The third-order valence-corrected chi connectivity index (χ3v) is 17.2. The lowest BCUT2D eigenvalue weighted by molar-refractivity contribution is -0.128. The number of β-amino-alcohol motifs (C(OH)–C–C–N with tert-alkyl or cyclic N) is 1. The molecule has 3 aliphatic rings. The summed E-state index contributed by atoms with van der Waals surface area (Å²) < 4.78 is 42.7. The number of hydrogen-bond acceptors (Lipinski definition) is 14. The van der Waals surface area contributed by atoms with E-state index in [1.807, 2.05) is 12.1 Å². The first-order chi connectivity index (χ1) is 44.5. The molecule has 0 aromatic heterocycles. The number of rotatable bonds is 34. The minimum absolute atomic E-state index is 0. The van der Waals surface area contributed by atoms with E-state index in [-0.39, 0.29) is 55.9 Å². The quantitative estimate of drug-likeness (QED) is 0.0257. The van der Waals surface area contributed by atoms with Crippen LogP contribution in [-0.2, 0) is 40.0 Å². The number of aliphatic hydroxyl groups is 1. The average molecular weight is 1270 g/mol. The molecule has 9 rings (SSSR count). The highest BCUT2D eigenvalue weighted by Gasteiger charge is 2.29. The largest absolute Gasteiger partial charge is 0.496 e. The highest BCUT2D eigenvalue weighted by molar-refractivity contribution is 5.84. The van der Waals surface area contributed by atoms with Gasteiger partial charge < -0.3 is 63.4 Å². The Hall–Kier alpha value is -7.63. The smallest absolute Gasteiger partial charge is 0.223 e. The van der Waals surface area contributed by atoms with Gasteiger partial charge in [-0.15, -0.1) is 0 Å². The van der Waals surface area contributed by atoms with Crippen LogP contribution in [0.3, 0.4) is 0 Å². The standard InChI is InChI=1S/C37H48N2O6.C26H36N2O.C12H16O5.CH4/c1-43-35-23-33(24-36(44-2)34(35)26-40)45-27-32(41)25-39-21-19-30(20-22-39)37(42)38-31(17-9-15-28-11-5-3-6-12-28)18-10-16-29-13-7-4-8-14-29;1-28-20-18-24(19-21-28)26(29)27-25(16-8-14-22-10-4-2-5-11-22)17-9-15-23-12-6-3-7-13-23;1-13-10-4-8(16-6-9-7-17-9)5-11(14-2)12(10)15-3;/h3-8,11-14,23-24,26,30-32,41H,9-10,15-22,25,27H2,1-2H3,(H,38,42);2-7,10-13,24-25H,8-9,14-21H2,1H3,(H,27,29);4-5,9H,6-7H2,1-3H3;1H4/t;;9-;/m..0./s1. The Labute approximate surface area is 548 Å². The van der Waals surface area contributed by atoms with Gasteiger partial charge in [-0.3, -0.25) is 14.4 Å². The van der Waals surface area contributed by atoms with Crippen LogP contribution in [0.5, 0.6) is 40.2 Å². The molecule has 3 N–H and O–H groups in total. The van der Waals surface area contributed by atoms with Gasteiger partial charge in [0.1, 0.15) is 48.4 Å². The minimum atomic E-state index is -0.711. The molecule has 6 aromatic rings. The Morgan fingerprint density at radius 2 is 0.902 bits per heavy atom. The molecule has 0 bridgehead atoms. The van der Waals surface area contributed by atoms with Gasteiger partial charge in [0.25, 0.3) is 0 Å². The van der Waals surface area contributed by atoms with Crippen LogP contribution < -0.4 is 43.8 Å². The summed E-state index contributed by atoms with van der Waals surface area (Å²) in [6.45, 7) is 5.41. The molecule has 500 valence electrons. The molecule has 3 heterocycles. The molecule has 3 fully saturated rings. The van der Waals surface area contributed by atoms with Crippen LogP contribution in [-0.4, -0.2) is 152 Å². The number of ether oxygens (including phenoxy) is 8. The van der Waals surface area contributed by atoms with Crippen molar-refractivity contribution in [3.05, 3.63) is 173 Å². The van der Waals surface area contributed by atoms with Gasteiger partial charge in [0, 0.05) is 54.7 Å². The molecule has 1 unspecified atom stereocenters. The Kier molecular flexibility index (Phi) is 32.8. The zero-order valence-electron chi connectivity index (χ0n) is 54.7. The predicted octanol–water partition coefficient (Wildman–Crippen LogP) is 12.5. The molecule has 16 nitrogen and oxygen atoms in total. The molecule has 6 aromatic carbocycles. The molecule has 92 heavy (non-hydrogen) atoms. The Morgan fingerprint density at radius 3 is 1.25 bits per heavy atom. The minimum Gasteiger partial charge on any atom is -0.496 e.